The topological polar surface area (TPSA) is 66.0 Å². The molecule has 7 heteroatoms. The summed E-state index contributed by atoms with van der Waals surface area (Å²) >= 11 is 0. The number of nitrogens with one attached hydrogen (secondary N) is 1. The average Bonchev–Trinajstić information content (AvgIpc) is 3.12. The molecule has 0 unspecified atom stereocenters. The minimum Gasteiger partial charge on any atom is -0.388 e. The molecule has 1 aromatic rings. The molecule has 2 rings (SSSR count). The van der Waals surface area contributed by atoms with Crippen LogP contribution in [0.25, 0.3) is 0 Å². The Kier molecular flexibility index (Phi) is 3.64. The van der Waals surface area contributed by atoms with Crippen LogP contribution in [0.4, 0.5) is 19.0 Å². The van der Waals surface area contributed by atoms with Gasteiger partial charge in [-0.05, 0) is 25.0 Å². The fourth-order valence-corrected chi connectivity index (χ4v) is 1.94. The van der Waals surface area contributed by atoms with Crippen molar-refractivity contribution >= 4 is 11.7 Å². The van der Waals surface area contributed by atoms with Gasteiger partial charge >= 0.3 is 6.18 Å². The summed E-state index contributed by atoms with van der Waals surface area (Å²) in [5.74, 6) is -0.0890. The van der Waals surface area contributed by atoms with Gasteiger partial charge in [0.2, 0.25) is 0 Å². The molecule has 0 saturated heterocycles. The van der Waals surface area contributed by atoms with Crippen molar-refractivity contribution in [1.29, 1.82) is 5.41 Å². The Hall–Kier alpha value is -1.79. The van der Waals surface area contributed by atoms with E-state index >= 15 is 0 Å². The number of pyridine rings is 1. The van der Waals surface area contributed by atoms with E-state index in [1.807, 2.05) is 0 Å². The van der Waals surface area contributed by atoms with Crippen LogP contribution in [0.5, 0.6) is 0 Å². The fraction of sp³-hybridized carbons (Fsp3) is 0.500. The number of nitrogens with zero attached hydrogens (tertiary/aromatic N) is 2. The number of hydrogen-bond acceptors (Lipinski definition) is 3. The van der Waals surface area contributed by atoms with Gasteiger partial charge in [0.25, 0.3) is 0 Å². The highest BCUT2D eigenvalue weighted by molar-refractivity contribution is 5.77. The van der Waals surface area contributed by atoms with Crippen LogP contribution in [0.15, 0.2) is 18.3 Å². The van der Waals surface area contributed by atoms with Gasteiger partial charge in [0, 0.05) is 25.2 Å². The fourth-order valence-electron chi connectivity index (χ4n) is 1.94. The lowest BCUT2D eigenvalue weighted by atomic mass is 10.2. The first-order valence-corrected chi connectivity index (χ1v) is 6.01. The molecule has 104 valence electrons. The lowest BCUT2D eigenvalue weighted by Crippen LogP contribution is -2.32. The summed E-state index contributed by atoms with van der Waals surface area (Å²) in [4.78, 5) is 5.49. The standard InChI is InChI=1S/C12H15F3N4/c13-12(14,15)9-2-1-6-18-11(9)19(8-3-4-8)7-5-10(16)17/h1-2,6,8H,3-5,7H2,(H3,16,17). The molecule has 1 fully saturated rings. The SMILES string of the molecule is N=C(N)CCN(c1ncccc1C(F)(F)F)C1CC1. The Bertz CT molecular complexity index is 468. The van der Waals surface area contributed by atoms with Crippen molar-refractivity contribution in [1.82, 2.24) is 4.98 Å². The number of halogens is 3. The highest BCUT2D eigenvalue weighted by Crippen LogP contribution is 2.39. The van der Waals surface area contributed by atoms with Crippen LogP contribution < -0.4 is 10.6 Å². The molecule has 4 nitrogen and oxygen atoms in total. The van der Waals surface area contributed by atoms with Gasteiger partial charge in [-0.3, -0.25) is 5.41 Å². The second-order valence-corrected chi connectivity index (χ2v) is 4.57. The molecule has 0 aromatic carbocycles. The monoisotopic (exact) mass is 272 g/mol. The molecule has 1 aromatic heterocycles. The van der Waals surface area contributed by atoms with E-state index in [0.29, 0.717) is 6.54 Å². The van der Waals surface area contributed by atoms with Crippen molar-refractivity contribution in [3.8, 4) is 0 Å². The van der Waals surface area contributed by atoms with E-state index in [1.54, 1.807) is 4.90 Å². The third-order valence-electron chi connectivity index (χ3n) is 2.97. The van der Waals surface area contributed by atoms with Gasteiger partial charge in [-0.2, -0.15) is 13.2 Å². The molecular formula is C12H15F3N4. The molecule has 0 bridgehead atoms. The van der Waals surface area contributed by atoms with Crippen molar-refractivity contribution in [2.75, 3.05) is 11.4 Å². The maximum Gasteiger partial charge on any atom is 0.419 e. The highest BCUT2D eigenvalue weighted by atomic mass is 19.4. The molecule has 0 aliphatic heterocycles. The molecule has 1 aliphatic carbocycles. The first-order valence-electron chi connectivity index (χ1n) is 6.01. The Balaban J connectivity index is 2.28. The molecule has 0 amide bonds. The molecule has 3 N–H and O–H groups in total. The second-order valence-electron chi connectivity index (χ2n) is 4.57. The van der Waals surface area contributed by atoms with Gasteiger partial charge < -0.3 is 10.6 Å². The van der Waals surface area contributed by atoms with Gasteiger partial charge in [0.15, 0.2) is 0 Å². The summed E-state index contributed by atoms with van der Waals surface area (Å²) < 4.78 is 38.9. The van der Waals surface area contributed by atoms with Crippen molar-refractivity contribution in [2.24, 2.45) is 5.73 Å². The number of nitrogens with two attached hydrogens (primary N) is 1. The highest BCUT2D eigenvalue weighted by Gasteiger charge is 2.39. The summed E-state index contributed by atoms with van der Waals surface area (Å²) in [6, 6.07) is 2.39. The number of hydrogen-bond donors (Lipinski definition) is 2. The van der Waals surface area contributed by atoms with Gasteiger partial charge in [0.05, 0.1) is 11.4 Å². The summed E-state index contributed by atoms with van der Waals surface area (Å²) in [5.41, 5.74) is 4.55. The largest absolute Gasteiger partial charge is 0.419 e. The van der Waals surface area contributed by atoms with Crippen LogP contribution >= 0.6 is 0 Å². The van der Waals surface area contributed by atoms with Gasteiger partial charge in [-0.25, -0.2) is 4.98 Å². The van der Waals surface area contributed by atoms with E-state index in [1.165, 1.54) is 12.3 Å². The molecule has 0 spiro atoms. The van der Waals surface area contributed by atoms with Gasteiger partial charge in [0.1, 0.15) is 5.82 Å². The van der Waals surface area contributed by atoms with E-state index in [2.05, 4.69) is 4.98 Å². The predicted octanol–water partition coefficient (Wildman–Crippen LogP) is 2.40. The first-order chi connectivity index (χ1) is 8.89. The summed E-state index contributed by atoms with van der Waals surface area (Å²) in [6.07, 6.45) is -1.12. The summed E-state index contributed by atoms with van der Waals surface area (Å²) in [6.45, 7) is 0.292. The van der Waals surface area contributed by atoms with Gasteiger partial charge in [-0.15, -0.1) is 0 Å². The zero-order valence-electron chi connectivity index (χ0n) is 10.2. The van der Waals surface area contributed by atoms with E-state index in [9.17, 15) is 13.2 Å². The van der Waals surface area contributed by atoms with Crippen LogP contribution in [-0.4, -0.2) is 23.4 Å². The van der Waals surface area contributed by atoms with Crippen molar-refractivity contribution in [3.05, 3.63) is 23.9 Å². The average molecular weight is 272 g/mol. The number of amidine groups is 1. The third-order valence-corrected chi connectivity index (χ3v) is 2.97. The molecule has 1 aliphatic rings. The lowest BCUT2D eigenvalue weighted by Gasteiger charge is -2.26. The zero-order chi connectivity index (χ0) is 14.0. The van der Waals surface area contributed by atoms with Crippen LogP contribution in [-0.2, 0) is 6.18 Å². The van der Waals surface area contributed by atoms with Crippen LogP contribution in [0.3, 0.4) is 0 Å². The molecule has 1 heterocycles. The van der Waals surface area contributed by atoms with Crippen LogP contribution in [0.1, 0.15) is 24.8 Å². The Morgan fingerprint density at radius 1 is 1.47 bits per heavy atom. The van der Waals surface area contributed by atoms with Gasteiger partial charge in [-0.1, -0.05) is 0 Å². The lowest BCUT2D eigenvalue weighted by molar-refractivity contribution is -0.137. The Labute approximate surface area is 108 Å². The Morgan fingerprint density at radius 3 is 2.68 bits per heavy atom. The van der Waals surface area contributed by atoms with Crippen molar-refractivity contribution < 1.29 is 13.2 Å². The number of alkyl halides is 3. The molecule has 0 radical (unpaired) electrons. The van der Waals surface area contributed by atoms with Crippen molar-refractivity contribution in [3.63, 3.8) is 0 Å². The molecule has 1 saturated carbocycles. The number of rotatable bonds is 5. The minimum absolute atomic E-state index is 0.0323. The van der Waals surface area contributed by atoms with E-state index < -0.39 is 11.7 Å². The van der Waals surface area contributed by atoms with Crippen molar-refractivity contribution in [2.45, 2.75) is 31.5 Å². The van der Waals surface area contributed by atoms with E-state index in [0.717, 1.165) is 18.9 Å². The number of anilines is 1. The maximum atomic E-state index is 13.0. The summed E-state index contributed by atoms with van der Waals surface area (Å²) in [5, 5.41) is 7.20. The second kappa shape index (κ2) is 5.07. The molecule has 19 heavy (non-hydrogen) atoms. The smallest absolute Gasteiger partial charge is 0.388 e. The predicted molar refractivity (Wildman–Crippen MR) is 66.1 cm³/mol. The first kappa shape index (κ1) is 13.6. The third kappa shape index (κ3) is 3.36. The zero-order valence-corrected chi connectivity index (χ0v) is 10.2. The molecule has 0 atom stereocenters. The normalized spacial score (nSPS) is 15.3. The Morgan fingerprint density at radius 2 is 2.16 bits per heavy atom. The molecular weight excluding hydrogens is 257 g/mol. The number of aromatic nitrogens is 1. The van der Waals surface area contributed by atoms with Crippen LogP contribution in [0.2, 0.25) is 0 Å². The van der Waals surface area contributed by atoms with E-state index in [-0.39, 0.29) is 24.1 Å². The van der Waals surface area contributed by atoms with E-state index in [4.69, 9.17) is 11.1 Å². The van der Waals surface area contributed by atoms with Crippen LogP contribution in [0, 0.1) is 5.41 Å². The minimum atomic E-state index is -4.42. The quantitative estimate of drug-likeness (QED) is 0.639. The summed E-state index contributed by atoms with van der Waals surface area (Å²) in [7, 11) is 0. The maximum absolute atomic E-state index is 13.0.